The van der Waals surface area contributed by atoms with E-state index in [4.69, 9.17) is 16.9 Å². The second-order valence-electron chi connectivity index (χ2n) is 7.20. The molecule has 2 aromatic carbocycles. The zero-order valence-electron chi connectivity index (χ0n) is 15.9. The number of phenols is 1. The number of halogens is 1. The number of urea groups is 1. The van der Waals surface area contributed by atoms with E-state index in [1.165, 1.54) is 0 Å². The number of nitriles is 1. The molecule has 2 aromatic rings. The SMILES string of the molecule is N#Cc1ccc(NC(=O)NC2CCC(CN=Cc3cc(Cl)ccc3O)CC2)cc1. The van der Waals surface area contributed by atoms with Gasteiger partial charge in [0.15, 0.2) is 0 Å². The number of aromatic hydroxyl groups is 1. The summed E-state index contributed by atoms with van der Waals surface area (Å²) >= 11 is 5.94. The number of nitrogens with zero attached hydrogens (tertiary/aromatic N) is 2. The van der Waals surface area contributed by atoms with Gasteiger partial charge in [-0.3, -0.25) is 4.99 Å². The van der Waals surface area contributed by atoms with Gasteiger partial charge in [0.2, 0.25) is 0 Å². The molecule has 29 heavy (non-hydrogen) atoms. The van der Waals surface area contributed by atoms with Crippen LogP contribution in [0.4, 0.5) is 10.5 Å². The van der Waals surface area contributed by atoms with Gasteiger partial charge < -0.3 is 15.7 Å². The summed E-state index contributed by atoms with van der Waals surface area (Å²) in [5.41, 5.74) is 1.84. The first-order valence-corrected chi connectivity index (χ1v) is 9.97. The maximum Gasteiger partial charge on any atom is 0.319 e. The van der Waals surface area contributed by atoms with E-state index in [-0.39, 0.29) is 17.8 Å². The van der Waals surface area contributed by atoms with Crippen molar-refractivity contribution in [3.63, 3.8) is 0 Å². The molecule has 1 aliphatic rings. The largest absolute Gasteiger partial charge is 0.507 e. The van der Waals surface area contributed by atoms with Crippen LogP contribution in [-0.4, -0.2) is 29.9 Å². The van der Waals surface area contributed by atoms with Crippen molar-refractivity contribution in [2.75, 3.05) is 11.9 Å². The molecule has 0 saturated heterocycles. The maximum atomic E-state index is 12.2. The molecule has 1 fully saturated rings. The van der Waals surface area contributed by atoms with E-state index in [2.05, 4.69) is 15.6 Å². The lowest BCUT2D eigenvalue weighted by Gasteiger charge is -2.28. The molecule has 0 unspecified atom stereocenters. The third-order valence-corrected chi connectivity index (χ3v) is 5.27. The van der Waals surface area contributed by atoms with Crippen LogP contribution < -0.4 is 10.6 Å². The summed E-state index contributed by atoms with van der Waals surface area (Å²) in [4.78, 5) is 16.6. The van der Waals surface area contributed by atoms with Gasteiger partial charge in [0.05, 0.1) is 11.6 Å². The molecule has 0 heterocycles. The van der Waals surface area contributed by atoms with Crippen LogP contribution in [0.15, 0.2) is 47.5 Å². The predicted octanol–water partition coefficient (Wildman–Crippen LogP) is 4.72. The number of anilines is 1. The molecule has 0 bridgehead atoms. The number of hydrogen-bond acceptors (Lipinski definition) is 4. The predicted molar refractivity (Wildman–Crippen MR) is 115 cm³/mol. The van der Waals surface area contributed by atoms with E-state index in [1.807, 2.05) is 6.07 Å². The summed E-state index contributed by atoms with van der Waals surface area (Å²) in [5, 5.41) is 25.0. The minimum absolute atomic E-state index is 0.144. The minimum atomic E-state index is -0.229. The molecule has 0 atom stereocenters. The molecule has 3 N–H and O–H groups in total. The van der Waals surface area contributed by atoms with Crippen LogP contribution >= 0.6 is 11.6 Å². The van der Waals surface area contributed by atoms with Crippen molar-refractivity contribution < 1.29 is 9.90 Å². The molecule has 0 radical (unpaired) electrons. The van der Waals surface area contributed by atoms with Gasteiger partial charge in [0, 0.05) is 35.1 Å². The lowest BCUT2D eigenvalue weighted by molar-refractivity contribution is 0.238. The van der Waals surface area contributed by atoms with Crippen molar-refractivity contribution in [2.24, 2.45) is 10.9 Å². The third-order valence-electron chi connectivity index (χ3n) is 5.04. The van der Waals surface area contributed by atoms with E-state index in [0.29, 0.717) is 34.3 Å². The van der Waals surface area contributed by atoms with Gasteiger partial charge >= 0.3 is 6.03 Å². The van der Waals surface area contributed by atoms with E-state index < -0.39 is 0 Å². The van der Waals surface area contributed by atoms with Gasteiger partial charge in [-0.05, 0) is 74.1 Å². The number of hydrogen-bond donors (Lipinski definition) is 3. The number of carbonyl (C=O) groups excluding carboxylic acids is 1. The summed E-state index contributed by atoms with van der Waals surface area (Å²) in [6.07, 6.45) is 5.45. The highest BCUT2D eigenvalue weighted by Crippen LogP contribution is 2.25. The summed E-state index contributed by atoms with van der Waals surface area (Å²) in [5.74, 6) is 0.631. The average Bonchev–Trinajstić information content (AvgIpc) is 2.72. The van der Waals surface area contributed by atoms with Crippen molar-refractivity contribution in [1.82, 2.24) is 5.32 Å². The Morgan fingerprint density at radius 1 is 1.21 bits per heavy atom. The van der Waals surface area contributed by atoms with Gasteiger partial charge in [0.25, 0.3) is 0 Å². The zero-order chi connectivity index (χ0) is 20.6. The number of carbonyl (C=O) groups is 1. The van der Waals surface area contributed by atoms with Crippen molar-refractivity contribution in [2.45, 2.75) is 31.7 Å². The lowest BCUT2D eigenvalue weighted by Crippen LogP contribution is -2.40. The van der Waals surface area contributed by atoms with E-state index >= 15 is 0 Å². The van der Waals surface area contributed by atoms with Gasteiger partial charge in [-0.1, -0.05) is 11.6 Å². The molecular weight excluding hydrogens is 388 g/mol. The Labute approximate surface area is 175 Å². The standard InChI is InChI=1S/C22H23ClN4O2/c23-18-5-10-21(28)17(11-18)14-25-13-16-3-8-20(9-4-16)27-22(29)26-19-6-1-15(12-24)2-7-19/h1-2,5-7,10-11,14,16,20,28H,3-4,8-9,13H2,(H2,26,27,29). The minimum Gasteiger partial charge on any atom is -0.507 e. The summed E-state index contributed by atoms with van der Waals surface area (Å²) in [6.45, 7) is 0.691. The van der Waals surface area contributed by atoms with Crippen molar-refractivity contribution in [3.8, 4) is 11.8 Å². The highest BCUT2D eigenvalue weighted by molar-refractivity contribution is 6.30. The van der Waals surface area contributed by atoms with Crippen LogP contribution in [0, 0.1) is 17.2 Å². The highest BCUT2D eigenvalue weighted by Gasteiger charge is 2.22. The molecule has 3 rings (SSSR count). The Morgan fingerprint density at radius 3 is 2.62 bits per heavy atom. The molecule has 7 heteroatoms. The Hall–Kier alpha value is -3.04. The normalized spacial score (nSPS) is 18.9. The fourth-order valence-corrected chi connectivity index (χ4v) is 3.58. The monoisotopic (exact) mass is 410 g/mol. The number of rotatable bonds is 5. The Morgan fingerprint density at radius 2 is 1.93 bits per heavy atom. The first-order valence-electron chi connectivity index (χ1n) is 9.59. The Balaban J connectivity index is 1.40. The van der Waals surface area contributed by atoms with Gasteiger partial charge in [-0.15, -0.1) is 0 Å². The topological polar surface area (TPSA) is 97.5 Å². The fraction of sp³-hybridized carbons (Fsp3) is 0.318. The fourth-order valence-electron chi connectivity index (χ4n) is 3.40. The lowest BCUT2D eigenvalue weighted by atomic mass is 9.86. The molecule has 0 aliphatic heterocycles. The van der Waals surface area contributed by atoms with Gasteiger partial charge in [-0.2, -0.15) is 5.26 Å². The zero-order valence-corrected chi connectivity index (χ0v) is 16.7. The third kappa shape index (κ3) is 6.23. The molecule has 6 nitrogen and oxygen atoms in total. The Kier molecular flexibility index (Phi) is 7.09. The Bertz CT molecular complexity index is 913. The quantitative estimate of drug-likeness (QED) is 0.622. The van der Waals surface area contributed by atoms with E-state index in [1.54, 1.807) is 48.7 Å². The summed E-state index contributed by atoms with van der Waals surface area (Å²) in [6, 6.07) is 13.6. The van der Waals surface area contributed by atoms with Crippen LogP contribution in [0.5, 0.6) is 5.75 Å². The first kappa shape index (κ1) is 20.7. The van der Waals surface area contributed by atoms with Crippen LogP contribution in [0.25, 0.3) is 0 Å². The molecule has 0 aromatic heterocycles. The highest BCUT2D eigenvalue weighted by atomic mass is 35.5. The van der Waals surface area contributed by atoms with Crippen LogP contribution in [0.3, 0.4) is 0 Å². The smallest absolute Gasteiger partial charge is 0.319 e. The molecule has 1 aliphatic carbocycles. The maximum absolute atomic E-state index is 12.2. The van der Waals surface area contributed by atoms with Crippen LogP contribution in [-0.2, 0) is 0 Å². The van der Waals surface area contributed by atoms with Crippen molar-refractivity contribution in [3.05, 3.63) is 58.6 Å². The number of nitrogens with one attached hydrogen (secondary N) is 2. The molecule has 1 saturated carbocycles. The van der Waals surface area contributed by atoms with E-state index in [9.17, 15) is 9.90 Å². The molecule has 2 amide bonds. The van der Waals surface area contributed by atoms with Gasteiger partial charge in [-0.25, -0.2) is 4.79 Å². The second-order valence-corrected chi connectivity index (χ2v) is 7.64. The summed E-state index contributed by atoms with van der Waals surface area (Å²) in [7, 11) is 0. The summed E-state index contributed by atoms with van der Waals surface area (Å²) < 4.78 is 0. The molecule has 0 spiro atoms. The average molecular weight is 411 g/mol. The number of benzene rings is 2. The number of phenolic OH excluding ortho intramolecular Hbond substituents is 1. The second kappa shape index (κ2) is 9.94. The van der Waals surface area contributed by atoms with E-state index in [0.717, 1.165) is 25.7 Å². The molecular formula is C22H23ClN4O2. The number of aliphatic imine (C=N–C) groups is 1. The van der Waals surface area contributed by atoms with Crippen LogP contribution in [0.1, 0.15) is 36.8 Å². The first-order chi connectivity index (χ1) is 14.0. The molecule has 150 valence electrons. The van der Waals surface area contributed by atoms with Gasteiger partial charge in [0.1, 0.15) is 5.75 Å². The van der Waals surface area contributed by atoms with Crippen molar-refractivity contribution in [1.29, 1.82) is 5.26 Å². The van der Waals surface area contributed by atoms with Crippen molar-refractivity contribution >= 4 is 29.5 Å². The van der Waals surface area contributed by atoms with Crippen LogP contribution in [0.2, 0.25) is 5.02 Å². The number of amides is 2.